The van der Waals surface area contributed by atoms with Crippen molar-refractivity contribution in [1.82, 2.24) is 24.3 Å². The highest BCUT2D eigenvalue weighted by molar-refractivity contribution is 6.23. The molecule has 4 aromatic carbocycles. The number of hydrogen-bond acceptors (Lipinski definition) is 3. The molecule has 8 aromatic rings. The zero-order valence-electron chi connectivity index (χ0n) is 19.2. The minimum atomic E-state index is 0.832. The van der Waals surface area contributed by atoms with Crippen LogP contribution in [0.4, 0.5) is 0 Å². The first-order valence-electron chi connectivity index (χ1n) is 12.0. The number of benzene rings is 4. The SMILES string of the molecule is c1ccc(-n2c3ncccc3c3nnc4c(c5ccccc5n4-c4ccc5ccccc5c4)c32)cc1. The fourth-order valence-corrected chi connectivity index (χ4v) is 5.49. The molecule has 0 amide bonds. The number of para-hydroxylation sites is 2. The van der Waals surface area contributed by atoms with E-state index < -0.39 is 0 Å². The minimum absolute atomic E-state index is 0.832. The van der Waals surface area contributed by atoms with Crippen molar-refractivity contribution in [2.45, 2.75) is 0 Å². The molecule has 36 heavy (non-hydrogen) atoms. The van der Waals surface area contributed by atoms with Crippen LogP contribution in [0.2, 0.25) is 0 Å². The lowest BCUT2D eigenvalue weighted by Crippen LogP contribution is -1.98. The molecule has 0 aliphatic carbocycles. The van der Waals surface area contributed by atoms with E-state index in [4.69, 9.17) is 15.2 Å². The summed E-state index contributed by atoms with van der Waals surface area (Å²) >= 11 is 0. The van der Waals surface area contributed by atoms with Gasteiger partial charge in [0.1, 0.15) is 11.2 Å². The van der Waals surface area contributed by atoms with Crippen molar-refractivity contribution >= 4 is 54.8 Å². The summed E-state index contributed by atoms with van der Waals surface area (Å²) in [5.74, 6) is 0. The Morgan fingerprint density at radius 1 is 0.528 bits per heavy atom. The highest BCUT2D eigenvalue weighted by atomic mass is 15.2. The molecule has 0 saturated heterocycles. The lowest BCUT2D eigenvalue weighted by atomic mass is 10.1. The van der Waals surface area contributed by atoms with E-state index in [-0.39, 0.29) is 0 Å². The highest BCUT2D eigenvalue weighted by Gasteiger charge is 2.23. The summed E-state index contributed by atoms with van der Waals surface area (Å²) in [6.07, 6.45) is 1.84. The van der Waals surface area contributed by atoms with Crippen molar-refractivity contribution in [3.8, 4) is 11.4 Å². The zero-order valence-corrected chi connectivity index (χ0v) is 19.2. The summed E-state index contributed by atoms with van der Waals surface area (Å²) in [6.45, 7) is 0. The number of fused-ring (bicyclic) bond motifs is 8. The largest absolute Gasteiger partial charge is 0.292 e. The summed E-state index contributed by atoms with van der Waals surface area (Å²) in [5, 5.41) is 15.2. The average molecular weight is 462 g/mol. The van der Waals surface area contributed by atoms with Gasteiger partial charge in [0.25, 0.3) is 0 Å². The Balaban J connectivity index is 1.59. The van der Waals surface area contributed by atoms with Crippen molar-refractivity contribution in [1.29, 1.82) is 0 Å². The molecular weight excluding hydrogens is 442 g/mol. The molecule has 0 N–H and O–H groups in total. The average Bonchev–Trinajstić information content (AvgIpc) is 3.46. The summed E-state index contributed by atoms with van der Waals surface area (Å²) < 4.78 is 4.45. The Kier molecular flexibility index (Phi) is 3.88. The lowest BCUT2D eigenvalue weighted by Gasteiger charge is -2.09. The predicted octanol–water partition coefficient (Wildman–Crippen LogP) is 7.22. The normalized spacial score (nSPS) is 11.9. The van der Waals surface area contributed by atoms with Crippen molar-refractivity contribution in [3.05, 3.63) is 115 Å². The van der Waals surface area contributed by atoms with Gasteiger partial charge < -0.3 is 0 Å². The molecule has 0 spiro atoms. The zero-order chi connectivity index (χ0) is 23.6. The molecule has 4 heterocycles. The van der Waals surface area contributed by atoms with E-state index in [9.17, 15) is 0 Å². The number of aromatic nitrogens is 5. The fraction of sp³-hybridized carbons (Fsp3) is 0. The maximum atomic E-state index is 4.83. The van der Waals surface area contributed by atoms with Gasteiger partial charge in [-0.1, -0.05) is 66.7 Å². The van der Waals surface area contributed by atoms with Gasteiger partial charge in [0.2, 0.25) is 0 Å². The van der Waals surface area contributed by atoms with Gasteiger partial charge in [-0.3, -0.25) is 9.13 Å². The van der Waals surface area contributed by atoms with E-state index in [0.717, 1.165) is 55.4 Å². The van der Waals surface area contributed by atoms with Crippen molar-refractivity contribution < 1.29 is 0 Å². The first kappa shape index (κ1) is 19.3. The van der Waals surface area contributed by atoms with Crippen molar-refractivity contribution in [3.63, 3.8) is 0 Å². The van der Waals surface area contributed by atoms with Crippen LogP contribution in [-0.2, 0) is 0 Å². The van der Waals surface area contributed by atoms with Crippen LogP contribution in [0, 0.1) is 0 Å². The quantitative estimate of drug-likeness (QED) is 0.273. The molecule has 0 saturated carbocycles. The van der Waals surface area contributed by atoms with E-state index in [2.05, 4.69) is 106 Å². The van der Waals surface area contributed by atoms with Gasteiger partial charge in [-0.15, -0.1) is 10.2 Å². The number of rotatable bonds is 2. The van der Waals surface area contributed by atoms with Crippen LogP contribution >= 0.6 is 0 Å². The summed E-state index contributed by atoms with van der Waals surface area (Å²) in [6, 6.07) is 37.9. The number of hydrogen-bond donors (Lipinski definition) is 0. The third-order valence-electron chi connectivity index (χ3n) is 7.04. The van der Waals surface area contributed by atoms with Crippen molar-refractivity contribution in [2.75, 3.05) is 0 Å². The molecule has 8 rings (SSSR count). The second kappa shape index (κ2) is 7.23. The first-order chi connectivity index (χ1) is 17.9. The Morgan fingerprint density at radius 3 is 2.22 bits per heavy atom. The Hall–Kier alpha value is -5.03. The minimum Gasteiger partial charge on any atom is -0.292 e. The number of pyridine rings is 1. The molecule has 168 valence electrons. The molecule has 0 unspecified atom stereocenters. The maximum Gasteiger partial charge on any atom is 0.170 e. The summed E-state index contributed by atoms with van der Waals surface area (Å²) in [7, 11) is 0. The Morgan fingerprint density at radius 2 is 1.31 bits per heavy atom. The smallest absolute Gasteiger partial charge is 0.170 e. The highest BCUT2D eigenvalue weighted by Crippen LogP contribution is 2.39. The van der Waals surface area contributed by atoms with Crippen LogP contribution in [-0.4, -0.2) is 24.3 Å². The first-order valence-corrected chi connectivity index (χ1v) is 12.0. The topological polar surface area (TPSA) is 48.5 Å². The molecule has 0 radical (unpaired) electrons. The van der Waals surface area contributed by atoms with Crippen molar-refractivity contribution in [2.24, 2.45) is 0 Å². The van der Waals surface area contributed by atoms with Gasteiger partial charge in [-0.05, 0) is 53.2 Å². The van der Waals surface area contributed by atoms with E-state index in [1.807, 2.05) is 18.3 Å². The third kappa shape index (κ3) is 2.57. The Bertz CT molecular complexity index is 2100. The fourth-order valence-electron chi connectivity index (χ4n) is 5.49. The second-order valence-electron chi connectivity index (χ2n) is 9.03. The maximum absolute atomic E-state index is 4.83. The molecule has 0 atom stereocenters. The number of nitrogens with zero attached hydrogens (tertiary/aromatic N) is 5. The van der Waals surface area contributed by atoms with Gasteiger partial charge in [0, 0.05) is 28.3 Å². The Labute approximate surface area is 205 Å². The third-order valence-corrected chi connectivity index (χ3v) is 7.04. The molecule has 0 bridgehead atoms. The van der Waals surface area contributed by atoms with Gasteiger partial charge in [0.15, 0.2) is 5.65 Å². The van der Waals surface area contributed by atoms with Crippen LogP contribution in [0.15, 0.2) is 115 Å². The molecule has 0 aliphatic rings. The monoisotopic (exact) mass is 461 g/mol. The molecule has 0 fully saturated rings. The van der Waals surface area contributed by atoms with Crippen LogP contribution < -0.4 is 0 Å². The van der Waals surface area contributed by atoms with Crippen LogP contribution in [0.5, 0.6) is 0 Å². The van der Waals surface area contributed by atoms with E-state index in [1.54, 1.807) is 0 Å². The van der Waals surface area contributed by atoms with Crippen LogP contribution in [0.25, 0.3) is 66.2 Å². The summed E-state index contributed by atoms with van der Waals surface area (Å²) in [5.41, 5.74) is 6.80. The molecular formula is C31H19N5. The van der Waals surface area contributed by atoms with E-state index in [1.165, 1.54) is 10.8 Å². The standard InChI is InChI=1S/C31H19N5/c1-2-11-22(12-3-1)36-29-27-24-13-6-7-15-26(24)35(23-17-16-20-9-4-5-10-21(20)19-23)31(27)34-33-28(29)25-14-8-18-32-30(25)36/h1-19H. The molecule has 0 aliphatic heterocycles. The van der Waals surface area contributed by atoms with Gasteiger partial charge >= 0.3 is 0 Å². The molecule has 5 nitrogen and oxygen atoms in total. The lowest BCUT2D eigenvalue weighted by molar-refractivity contribution is 1.05. The second-order valence-corrected chi connectivity index (χ2v) is 9.03. The van der Waals surface area contributed by atoms with Gasteiger partial charge in [0.05, 0.1) is 16.4 Å². The summed E-state index contributed by atoms with van der Waals surface area (Å²) in [4.78, 5) is 4.77. The molecule has 5 heteroatoms. The van der Waals surface area contributed by atoms with E-state index in [0.29, 0.717) is 0 Å². The van der Waals surface area contributed by atoms with E-state index >= 15 is 0 Å². The molecule has 4 aromatic heterocycles. The van der Waals surface area contributed by atoms with Crippen LogP contribution in [0.1, 0.15) is 0 Å². The van der Waals surface area contributed by atoms with Crippen LogP contribution in [0.3, 0.4) is 0 Å². The predicted molar refractivity (Wildman–Crippen MR) is 146 cm³/mol. The van der Waals surface area contributed by atoms with Gasteiger partial charge in [-0.25, -0.2) is 4.98 Å². The van der Waals surface area contributed by atoms with Gasteiger partial charge in [-0.2, -0.15) is 0 Å².